The number of benzene rings is 1. The lowest BCUT2D eigenvalue weighted by Crippen LogP contribution is -2.31. The first-order chi connectivity index (χ1) is 8.83. The van der Waals surface area contributed by atoms with Crippen LogP contribution in [0, 0.1) is 0 Å². The van der Waals surface area contributed by atoms with Gasteiger partial charge in [-0.15, -0.1) is 0 Å². The van der Waals surface area contributed by atoms with Crippen LogP contribution in [0.2, 0.25) is 5.02 Å². The zero-order valence-corrected chi connectivity index (χ0v) is 11.3. The summed E-state index contributed by atoms with van der Waals surface area (Å²) in [5.74, 6) is 0.825. The number of ether oxygens (including phenoxy) is 2. The Morgan fingerprint density at radius 2 is 1.94 bits per heavy atom. The quantitative estimate of drug-likeness (QED) is 0.793. The molecule has 0 aromatic heterocycles. The fourth-order valence-electron chi connectivity index (χ4n) is 2.86. The Bertz CT molecular complexity index is 413. The smallest absolute Gasteiger partial charge is 0.200 e. The van der Waals surface area contributed by atoms with Crippen molar-refractivity contribution in [3.05, 3.63) is 28.8 Å². The number of rotatable bonds is 2. The fraction of sp³-hybridized carbons (Fsp3) is 0.600. The molecule has 2 nitrogen and oxygen atoms in total. The Labute approximate surface area is 113 Å². The summed E-state index contributed by atoms with van der Waals surface area (Å²) in [6.45, 7) is 0. The van der Waals surface area contributed by atoms with Gasteiger partial charge in [0, 0.05) is 6.42 Å². The third-order valence-electron chi connectivity index (χ3n) is 3.84. The van der Waals surface area contributed by atoms with Crippen molar-refractivity contribution in [2.45, 2.75) is 57.3 Å². The molecule has 1 aliphatic heterocycles. The van der Waals surface area contributed by atoms with E-state index in [1.165, 1.54) is 37.7 Å². The molecular formula is C15H19ClO2. The molecule has 0 radical (unpaired) electrons. The second-order valence-corrected chi connectivity index (χ2v) is 5.62. The fourth-order valence-corrected chi connectivity index (χ4v) is 3.10. The van der Waals surface area contributed by atoms with Crippen molar-refractivity contribution in [2.24, 2.45) is 0 Å². The van der Waals surface area contributed by atoms with Gasteiger partial charge in [0.25, 0.3) is 0 Å². The first-order valence-electron chi connectivity index (χ1n) is 6.92. The Hall–Kier alpha value is -0.730. The predicted molar refractivity (Wildman–Crippen MR) is 72.1 cm³/mol. The van der Waals surface area contributed by atoms with Crippen molar-refractivity contribution in [1.82, 2.24) is 0 Å². The van der Waals surface area contributed by atoms with E-state index >= 15 is 0 Å². The molecule has 1 aromatic carbocycles. The molecule has 0 N–H and O–H groups in total. The lowest BCUT2D eigenvalue weighted by molar-refractivity contribution is -0.136. The molecule has 18 heavy (non-hydrogen) atoms. The molecule has 98 valence electrons. The molecule has 0 spiro atoms. The van der Waals surface area contributed by atoms with Gasteiger partial charge in [0.15, 0.2) is 0 Å². The van der Waals surface area contributed by atoms with E-state index in [4.69, 9.17) is 21.1 Å². The third kappa shape index (κ3) is 2.65. The minimum Gasteiger partial charge on any atom is -0.463 e. The summed E-state index contributed by atoms with van der Waals surface area (Å²) in [6, 6.07) is 5.94. The van der Waals surface area contributed by atoms with E-state index < -0.39 is 0 Å². The van der Waals surface area contributed by atoms with Crippen LogP contribution in [0.1, 0.15) is 44.1 Å². The summed E-state index contributed by atoms with van der Waals surface area (Å²) in [7, 11) is 0. The first-order valence-corrected chi connectivity index (χ1v) is 7.30. The molecule has 3 rings (SSSR count). The monoisotopic (exact) mass is 266 g/mol. The van der Waals surface area contributed by atoms with Crippen molar-refractivity contribution in [3.8, 4) is 5.75 Å². The van der Waals surface area contributed by atoms with Gasteiger partial charge < -0.3 is 9.47 Å². The van der Waals surface area contributed by atoms with Gasteiger partial charge in [-0.2, -0.15) is 0 Å². The van der Waals surface area contributed by atoms with Crippen LogP contribution in [0.25, 0.3) is 0 Å². The number of fused-ring (bicyclic) bond motifs is 1. The van der Waals surface area contributed by atoms with Crippen LogP contribution >= 0.6 is 11.6 Å². The maximum Gasteiger partial charge on any atom is 0.200 e. The maximum atomic E-state index is 6.17. The molecule has 1 unspecified atom stereocenters. The highest BCUT2D eigenvalue weighted by Crippen LogP contribution is 2.35. The number of aryl methyl sites for hydroxylation is 1. The average molecular weight is 267 g/mol. The molecule has 0 saturated heterocycles. The van der Waals surface area contributed by atoms with Crippen molar-refractivity contribution in [1.29, 1.82) is 0 Å². The number of para-hydroxylation sites is 1. The summed E-state index contributed by atoms with van der Waals surface area (Å²) in [4.78, 5) is 0. The average Bonchev–Trinajstić information content (AvgIpc) is 2.41. The predicted octanol–water partition coefficient (Wildman–Crippen LogP) is 4.34. The molecule has 0 bridgehead atoms. The van der Waals surface area contributed by atoms with Crippen molar-refractivity contribution >= 4 is 11.6 Å². The summed E-state index contributed by atoms with van der Waals surface area (Å²) in [6.07, 6.45) is 8.47. The molecule has 1 aliphatic carbocycles. The SMILES string of the molecule is Clc1cccc2c1OC(OC1CCCCC1)CC2. The highest BCUT2D eigenvalue weighted by Gasteiger charge is 2.25. The molecule has 2 aliphatic rings. The third-order valence-corrected chi connectivity index (χ3v) is 4.14. The molecule has 1 saturated carbocycles. The molecule has 1 fully saturated rings. The second kappa shape index (κ2) is 5.50. The summed E-state index contributed by atoms with van der Waals surface area (Å²) in [5.41, 5.74) is 1.20. The van der Waals surface area contributed by atoms with Gasteiger partial charge in [0.1, 0.15) is 5.75 Å². The largest absolute Gasteiger partial charge is 0.463 e. The van der Waals surface area contributed by atoms with Crippen molar-refractivity contribution < 1.29 is 9.47 Å². The Morgan fingerprint density at radius 3 is 2.78 bits per heavy atom. The zero-order chi connectivity index (χ0) is 12.4. The molecule has 1 atom stereocenters. The number of hydrogen-bond donors (Lipinski definition) is 0. The zero-order valence-electron chi connectivity index (χ0n) is 10.5. The summed E-state index contributed by atoms with van der Waals surface area (Å²) in [5, 5.41) is 0.699. The summed E-state index contributed by atoms with van der Waals surface area (Å²) >= 11 is 6.17. The molecule has 3 heteroatoms. The van der Waals surface area contributed by atoms with Crippen LogP contribution in [0.5, 0.6) is 5.75 Å². The lowest BCUT2D eigenvalue weighted by atomic mass is 9.97. The van der Waals surface area contributed by atoms with E-state index in [1.54, 1.807) is 0 Å². The van der Waals surface area contributed by atoms with Crippen molar-refractivity contribution in [3.63, 3.8) is 0 Å². The van der Waals surface area contributed by atoms with Gasteiger partial charge in [-0.05, 0) is 30.9 Å². The van der Waals surface area contributed by atoms with Crippen LogP contribution in [0.4, 0.5) is 0 Å². The maximum absolute atomic E-state index is 6.17. The van der Waals surface area contributed by atoms with Crippen LogP contribution < -0.4 is 4.74 Å². The molecule has 1 aromatic rings. The number of halogens is 1. The lowest BCUT2D eigenvalue weighted by Gasteiger charge is -2.31. The van der Waals surface area contributed by atoms with Gasteiger partial charge in [0.2, 0.25) is 6.29 Å². The first kappa shape index (κ1) is 12.3. The minimum atomic E-state index is -0.111. The van der Waals surface area contributed by atoms with E-state index in [0.29, 0.717) is 11.1 Å². The second-order valence-electron chi connectivity index (χ2n) is 5.21. The highest BCUT2D eigenvalue weighted by atomic mass is 35.5. The van der Waals surface area contributed by atoms with Gasteiger partial charge in [-0.3, -0.25) is 0 Å². The van der Waals surface area contributed by atoms with Gasteiger partial charge in [-0.1, -0.05) is 43.0 Å². The van der Waals surface area contributed by atoms with E-state index in [2.05, 4.69) is 6.07 Å². The Balaban J connectivity index is 1.65. The number of hydrogen-bond acceptors (Lipinski definition) is 2. The normalized spacial score (nSPS) is 24.4. The van der Waals surface area contributed by atoms with Crippen LogP contribution in [0.15, 0.2) is 18.2 Å². The molecular weight excluding hydrogens is 248 g/mol. The van der Waals surface area contributed by atoms with Gasteiger partial charge in [0.05, 0.1) is 11.1 Å². The van der Waals surface area contributed by atoms with Crippen molar-refractivity contribution in [2.75, 3.05) is 0 Å². The topological polar surface area (TPSA) is 18.5 Å². The van der Waals surface area contributed by atoms with E-state index in [0.717, 1.165) is 18.6 Å². The Kier molecular flexibility index (Phi) is 3.76. The van der Waals surface area contributed by atoms with Crippen LogP contribution in [-0.4, -0.2) is 12.4 Å². The van der Waals surface area contributed by atoms with Gasteiger partial charge in [-0.25, -0.2) is 0 Å². The molecule has 0 amide bonds. The van der Waals surface area contributed by atoms with E-state index in [1.807, 2.05) is 12.1 Å². The minimum absolute atomic E-state index is 0.111. The van der Waals surface area contributed by atoms with Crippen LogP contribution in [0.3, 0.4) is 0 Å². The van der Waals surface area contributed by atoms with E-state index in [-0.39, 0.29) is 6.29 Å². The van der Waals surface area contributed by atoms with Gasteiger partial charge >= 0.3 is 0 Å². The Morgan fingerprint density at radius 1 is 1.11 bits per heavy atom. The van der Waals surface area contributed by atoms with E-state index in [9.17, 15) is 0 Å². The van der Waals surface area contributed by atoms with Crippen LogP contribution in [-0.2, 0) is 11.2 Å². The highest BCUT2D eigenvalue weighted by molar-refractivity contribution is 6.32. The standard InChI is InChI=1S/C15H19ClO2/c16-13-8-4-5-11-9-10-14(18-15(11)13)17-12-6-2-1-3-7-12/h4-5,8,12,14H,1-3,6-7,9-10H2. The molecule has 1 heterocycles. The summed E-state index contributed by atoms with van der Waals surface area (Å²) < 4.78 is 12.0.